The first-order valence-electron chi connectivity index (χ1n) is 8.73. The molecule has 0 spiro atoms. The Labute approximate surface area is 176 Å². The molecule has 4 nitrogen and oxygen atoms in total. The van der Waals surface area contributed by atoms with Gasteiger partial charge in [-0.1, -0.05) is 41.4 Å². The van der Waals surface area contributed by atoms with Crippen molar-refractivity contribution in [3.8, 4) is 0 Å². The van der Waals surface area contributed by atoms with Crippen LogP contribution < -0.4 is 4.90 Å². The summed E-state index contributed by atoms with van der Waals surface area (Å²) in [6, 6.07) is 12.0. The number of nitrogens with zero attached hydrogens (tertiary/aromatic N) is 3. The highest BCUT2D eigenvalue weighted by molar-refractivity contribution is 8.18. The molecule has 0 saturated carbocycles. The van der Waals surface area contributed by atoms with Crippen LogP contribution in [0.1, 0.15) is 5.56 Å². The Hall–Kier alpha value is -2.02. The van der Waals surface area contributed by atoms with Crippen molar-refractivity contribution < 1.29 is 9.18 Å². The van der Waals surface area contributed by atoms with Crippen LogP contribution in [0.2, 0.25) is 10.0 Å². The second-order valence-corrected chi connectivity index (χ2v) is 8.23. The van der Waals surface area contributed by atoms with Crippen molar-refractivity contribution in [1.29, 1.82) is 0 Å². The molecule has 0 unspecified atom stereocenters. The van der Waals surface area contributed by atoms with Gasteiger partial charge in [0.2, 0.25) is 0 Å². The molecule has 2 aromatic carbocycles. The third-order valence-corrected chi connectivity index (χ3v) is 6.38. The monoisotopic (exact) mass is 435 g/mol. The van der Waals surface area contributed by atoms with Crippen molar-refractivity contribution in [2.45, 2.75) is 0 Å². The smallest absolute Gasteiger partial charge is 0.286 e. The maximum absolute atomic E-state index is 14.0. The van der Waals surface area contributed by atoms with Gasteiger partial charge in [0, 0.05) is 26.2 Å². The molecule has 2 heterocycles. The van der Waals surface area contributed by atoms with E-state index in [0.717, 1.165) is 5.56 Å². The van der Waals surface area contributed by atoms with Crippen molar-refractivity contribution in [3.05, 3.63) is 68.8 Å². The molecule has 2 aliphatic rings. The molecule has 0 aliphatic carbocycles. The second kappa shape index (κ2) is 8.15. The standard InChI is InChI=1S/C20H16Cl2FN3OS/c21-14-6-5-13(11-15(14)22)12-18-19(27)24-20(28-18)26-9-7-25(8-10-26)17-4-2-1-3-16(17)23/h1-6,11-12H,7-10H2/b18-12-. The summed E-state index contributed by atoms with van der Waals surface area (Å²) in [5.41, 5.74) is 1.41. The van der Waals surface area contributed by atoms with E-state index >= 15 is 0 Å². The van der Waals surface area contributed by atoms with Crippen LogP contribution in [-0.2, 0) is 4.79 Å². The lowest BCUT2D eigenvalue weighted by Crippen LogP contribution is -2.48. The molecule has 144 valence electrons. The van der Waals surface area contributed by atoms with E-state index in [-0.39, 0.29) is 11.7 Å². The van der Waals surface area contributed by atoms with Gasteiger partial charge >= 0.3 is 0 Å². The fourth-order valence-corrected chi connectivity index (χ4v) is 4.41. The van der Waals surface area contributed by atoms with Crippen LogP contribution in [0.5, 0.6) is 0 Å². The molecule has 4 rings (SSSR count). The van der Waals surface area contributed by atoms with E-state index in [9.17, 15) is 9.18 Å². The van der Waals surface area contributed by atoms with Gasteiger partial charge in [0.05, 0.1) is 20.6 Å². The van der Waals surface area contributed by atoms with Crippen LogP contribution in [0.15, 0.2) is 52.4 Å². The summed E-state index contributed by atoms with van der Waals surface area (Å²) in [6.45, 7) is 2.68. The van der Waals surface area contributed by atoms with Gasteiger partial charge in [-0.05, 0) is 47.7 Å². The van der Waals surface area contributed by atoms with Gasteiger partial charge in [0.25, 0.3) is 5.91 Å². The van der Waals surface area contributed by atoms with Crippen molar-refractivity contribution in [2.75, 3.05) is 31.1 Å². The Kier molecular flexibility index (Phi) is 5.62. The summed E-state index contributed by atoms with van der Waals surface area (Å²) in [7, 11) is 0. The minimum Gasteiger partial charge on any atom is -0.366 e. The summed E-state index contributed by atoms with van der Waals surface area (Å²) < 4.78 is 14.0. The fourth-order valence-electron chi connectivity index (χ4n) is 3.13. The van der Waals surface area contributed by atoms with Crippen LogP contribution in [0.25, 0.3) is 6.08 Å². The molecule has 1 fully saturated rings. The van der Waals surface area contributed by atoms with Crippen molar-refractivity contribution in [2.24, 2.45) is 4.99 Å². The van der Waals surface area contributed by atoms with E-state index in [2.05, 4.69) is 9.89 Å². The molecule has 1 saturated heterocycles. The number of aliphatic imine (C=N–C) groups is 1. The summed E-state index contributed by atoms with van der Waals surface area (Å²) in [6.07, 6.45) is 1.77. The number of anilines is 1. The number of halogens is 3. The molecule has 0 N–H and O–H groups in total. The normalized spacial score (nSPS) is 18.8. The Morgan fingerprint density at radius 1 is 1.00 bits per heavy atom. The van der Waals surface area contributed by atoms with E-state index in [1.807, 2.05) is 11.0 Å². The molecule has 2 aromatic rings. The maximum atomic E-state index is 14.0. The molecular formula is C20H16Cl2FN3OS. The summed E-state index contributed by atoms with van der Waals surface area (Å²) >= 11 is 13.3. The van der Waals surface area contributed by atoms with Crippen molar-refractivity contribution >= 4 is 57.8 Å². The first kappa shape index (κ1) is 19.3. The van der Waals surface area contributed by atoms with Crippen LogP contribution >= 0.6 is 35.0 Å². The molecule has 0 atom stereocenters. The number of carbonyl (C=O) groups is 1. The van der Waals surface area contributed by atoms with Crippen molar-refractivity contribution in [1.82, 2.24) is 4.90 Å². The Balaban J connectivity index is 1.42. The second-order valence-electron chi connectivity index (χ2n) is 6.41. The van der Waals surface area contributed by atoms with E-state index in [1.165, 1.54) is 17.8 Å². The first-order chi connectivity index (χ1) is 13.5. The van der Waals surface area contributed by atoms with Gasteiger partial charge < -0.3 is 9.80 Å². The molecule has 0 radical (unpaired) electrons. The predicted molar refractivity (Wildman–Crippen MR) is 115 cm³/mol. The lowest BCUT2D eigenvalue weighted by atomic mass is 10.2. The Morgan fingerprint density at radius 3 is 2.43 bits per heavy atom. The predicted octanol–water partition coefficient (Wildman–Crippen LogP) is 4.93. The third-order valence-electron chi connectivity index (χ3n) is 4.59. The van der Waals surface area contributed by atoms with Gasteiger partial charge in [-0.25, -0.2) is 4.39 Å². The van der Waals surface area contributed by atoms with Crippen LogP contribution in [0, 0.1) is 5.82 Å². The number of hydrogen-bond donors (Lipinski definition) is 0. The first-order valence-corrected chi connectivity index (χ1v) is 10.3. The van der Waals surface area contributed by atoms with Gasteiger partial charge in [-0.2, -0.15) is 4.99 Å². The highest BCUT2D eigenvalue weighted by atomic mass is 35.5. The van der Waals surface area contributed by atoms with Gasteiger partial charge in [-0.15, -0.1) is 0 Å². The summed E-state index contributed by atoms with van der Waals surface area (Å²) in [5.74, 6) is -0.479. The zero-order chi connectivity index (χ0) is 19.7. The molecule has 8 heteroatoms. The lowest BCUT2D eigenvalue weighted by Gasteiger charge is -2.36. The number of benzene rings is 2. The van der Waals surface area contributed by atoms with Gasteiger partial charge in [0.1, 0.15) is 5.82 Å². The number of hydrogen-bond acceptors (Lipinski definition) is 4. The van der Waals surface area contributed by atoms with Gasteiger partial charge in [-0.3, -0.25) is 4.79 Å². The van der Waals surface area contributed by atoms with Crippen LogP contribution in [-0.4, -0.2) is 42.2 Å². The third kappa shape index (κ3) is 4.04. The largest absolute Gasteiger partial charge is 0.366 e. The summed E-state index contributed by atoms with van der Waals surface area (Å²) in [5, 5.41) is 1.60. The summed E-state index contributed by atoms with van der Waals surface area (Å²) in [4.78, 5) is 21.1. The molecule has 0 aromatic heterocycles. The van der Waals surface area contributed by atoms with E-state index < -0.39 is 0 Å². The average Bonchev–Trinajstić information content (AvgIpc) is 3.06. The zero-order valence-corrected chi connectivity index (χ0v) is 17.1. The quantitative estimate of drug-likeness (QED) is 0.626. The minimum absolute atomic E-state index is 0.217. The van der Waals surface area contributed by atoms with Crippen LogP contribution in [0.3, 0.4) is 0 Å². The molecule has 28 heavy (non-hydrogen) atoms. The lowest BCUT2D eigenvalue weighted by molar-refractivity contribution is -0.113. The number of carbonyl (C=O) groups excluding carboxylic acids is 1. The Morgan fingerprint density at radius 2 is 1.71 bits per heavy atom. The maximum Gasteiger partial charge on any atom is 0.286 e. The number of thioether (sulfide) groups is 1. The zero-order valence-electron chi connectivity index (χ0n) is 14.7. The Bertz CT molecular complexity index is 987. The van der Waals surface area contributed by atoms with Gasteiger partial charge in [0.15, 0.2) is 5.17 Å². The topological polar surface area (TPSA) is 35.9 Å². The fraction of sp³-hybridized carbons (Fsp3) is 0.200. The minimum atomic E-state index is -0.261. The van der Waals surface area contributed by atoms with E-state index in [1.54, 1.807) is 36.4 Å². The highest BCUT2D eigenvalue weighted by Gasteiger charge is 2.29. The van der Waals surface area contributed by atoms with Crippen molar-refractivity contribution in [3.63, 3.8) is 0 Å². The number of amidine groups is 1. The SMILES string of the molecule is O=C1N=C(N2CCN(c3ccccc3F)CC2)S/C1=C\c1ccc(Cl)c(Cl)c1. The number of amides is 1. The number of piperazine rings is 1. The number of rotatable bonds is 2. The molecule has 0 bridgehead atoms. The molecule has 1 amide bonds. The van der Waals surface area contributed by atoms with E-state index in [4.69, 9.17) is 23.2 Å². The van der Waals surface area contributed by atoms with E-state index in [0.29, 0.717) is 52.0 Å². The number of para-hydroxylation sites is 1. The van der Waals surface area contributed by atoms with Crippen LogP contribution in [0.4, 0.5) is 10.1 Å². The molecule has 2 aliphatic heterocycles. The highest BCUT2D eigenvalue weighted by Crippen LogP contribution is 2.32. The molecular weight excluding hydrogens is 420 g/mol. The average molecular weight is 436 g/mol.